The fourth-order valence-corrected chi connectivity index (χ4v) is 11.0. The number of hydrogen-bond donors (Lipinski definition) is 0. The monoisotopic (exact) mass is 728 g/mol. The smallest absolute Gasteiger partial charge is 0.0361 e. The van der Waals surface area contributed by atoms with E-state index in [0.717, 1.165) is 0 Å². The minimum Gasteiger partial charge on any atom is -0.135 e. The highest BCUT2D eigenvalue weighted by atomic mass is 32.1. The molecule has 0 fully saturated rings. The second kappa shape index (κ2) is 11.7. The van der Waals surface area contributed by atoms with Crippen LogP contribution in [0, 0.1) is 0 Å². The average molecular weight is 729 g/mol. The SMILES string of the molecule is CC1(C)c2ccccc2-c2cc3c(cc21)sc1cc2cc(-c4ccc(-c5c6ccccc6c(-c6ccc7ccccc7c6)c6ccccc56)cc4)ccc2cc13. The van der Waals surface area contributed by atoms with Crippen molar-refractivity contribution in [2.75, 3.05) is 0 Å². The summed E-state index contributed by atoms with van der Waals surface area (Å²) < 4.78 is 2.72. The molecule has 0 radical (unpaired) electrons. The molecule has 0 atom stereocenters. The minimum absolute atomic E-state index is 0.00693. The van der Waals surface area contributed by atoms with E-state index >= 15 is 0 Å². The molecule has 1 heterocycles. The lowest BCUT2D eigenvalue weighted by Gasteiger charge is -2.21. The summed E-state index contributed by atoms with van der Waals surface area (Å²) in [5.74, 6) is 0. The lowest BCUT2D eigenvalue weighted by molar-refractivity contribution is 0.661. The molecule has 0 spiro atoms. The Hall–Kier alpha value is -6.54. The Balaban J connectivity index is 0.953. The Morgan fingerprint density at radius 1 is 0.321 bits per heavy atom. The van der Waals surface area contributed by atoms with Gasteiger partial charge >= 0.3 is 0 Å². The van der Waals surface area contributed by atoms with Crippen molar-refractivity contribution in [3.63, 3.8) is 0 Å². The van der Waals surface area contributed by atoms with E-state index in [9.17, 15) is 0 Å². The van der Waals surface area contributed by atoms with Crippen molar-refractivity contribution in [3.8, 4) is 44.5 Å². The van der Waals surface area contributed by atoms with E-state index in [2.05, 4.69) is 196 Å². The van der Waals surface area contributed by atoms with E-state index < -0.39 is 0 Å². The Bertz CT molecular complexity index is 3370. The van der Waals surface area contributed by atoms with Gasteiger partial charge in [-0.15, -0.1) is 11.3 Å². The highest BCUT2D eigenvalue weighted by Gasteiger charge is 2.35. The van der Waals surface area contributed by atoms with Crippen LogP contribution in [0.25, 0.3) is 108 Å². The van der Waals surface area contributed by atoms with E-state index in [1.54, 1.807) is 0 Å². The van der Waals surface area contributed by atoms with Gasteiger partial charge in [-0.3, -0.25) is 0 Å². The van der Waals surface area contributed by atoms with Gasteiger partial charge in [-0.1, -0.05) is 159 Å². The Labute approximate surface area is 329 Å². The van der Waals surface area contributed by atoms with Crippen molar-refractivity contribution >= 4 is 74.6 Å². The van der Waals surface area contributed by atoms with E-state index in [4.69, 9.17) is 0 Å². The van der Waals surface area contributed by atoms with Crippen molar-refractivity contribution in [1.82, 2.24) is 0 Å². The molecule has 12 rings (SSSR count). The summed E-state index contributed by atoms with van der Waals surface area (Å²) in [6, 6.07) is 68.3. The first-order chi connectivity index (χ1) is 27.5. The van der Waals surface area contributed by atoms with Crippen LogP contribution in [0.15, 0.2) is 182 Å². The van der Waals surface area contributed by atoms with Crippen molar-refractivity contribution < 1.29 is 0 Å². The van der Waals surface area contributed by atoms with Gasteiger partial charge in [-0.2, -0.15) is 0 Å². The number of rotatable bonds is 3. The fourth-order valence-electron chi connectivity index (χ4n) is 9.82. The summed E-state index contributed by atoms with van der Waals surface area (Å²) in [5.41, 5.74) is 13.2. The molecule has 0 unspecified atom stereocenters. The zero-order valence-corrected chi connectivity index (χ0v) is 32.0. The van der Waals surface area contributed by atoms with Gasteiger partial charge in [-0.25, -0.2) is 0 Å². The molecular formula is C55H36S. The summed E-state index contributed by atoms with van der Waals surface area (Å²) >= 11 is 1.92. The first-order valence-corrected chi connectivity index (χ1v) is 20.4. The van der Waals surface area contributed by atoms with Gasteiger partial charge in [0.25, 0.3) is 0 Å². The van der Waals surface area contributed by atoms with E-state index in [0.29, 0.717) is 0 Å². The summed E-state index contributed by atoms with van der Waals surface area (Å²) in [6.45, 7) is 4.74. The summed E-state index contributed by atoms with van der Waals surface area (Å²) in [7, 11) is 0. The molecule has 1 aliphatic rings. The molecule has 0 nitrogen and oxygen atoms in total. The Morgan fingerprint density at radius 2 is 0.839 bits per heavy atom. The number of thiophene rings is 1. The van der Waals surface area contributed by atoms with Gasteiger partial charge in [0.05, 0.1) is 0 Å². The maximum Gasteiger partial charge on any atom is 0.0361 e. The topological polar surface area (TPSA) is 0 Å². The van der Waals surface area contributed by atoms with Crippen LogP contribution in [0.2, 0.25) is 0 Å². The van der Waals surface area contributed by atoms with Gasteiger partial charge in [0.1, 0.15) is 0 Å². The van der Waals surface area contributed by atoms with Crippen LogP contribution < -0.4 is 0 Å². The third-order valence-corrected chi connectivity index (χ3v) is 13.7. The lowest BCUT2D eigenvalue weighted by Crippen LogP contribution is -2.14. The molecule has 56 heavy (non-hydrogen) atoms. The molecule has 0 saturated carbocycles. The third-order valence-electron chi connectivity index (χ3n) is 12.6. The average Bonchev–Trinajstić information content (AvgIpc) is 3.70. The second-order valence-electron chi connectivity index (χ2n) is 16.1. The molecule has 1 aliphatic carbocycles. The van der Waals surface area contributed by atoms with E-state index in [-0.39, 0.29) is 5.41 Å². The van der Waals surface area contributed by atoms with Crippen LogP contribution in [0.1, 0.15) is 25.0 Å². The molecule has 1 aromatic heterocycles. The molecule has 0 N–H and O–H groups in total. The Kier molecular flexibility index (Phi) is 6.66. The van der Waals surface area contributed by atoms with Gasteiger partial charge < -0.3 is 0 Å². The summed E-state index contributed by atoms with van der Waals surface area (Å²) in [6.07, 6.45) is 0. The fraction of sp³-hybridized carbons (Fsp3) is 0.0545. The van der Waals surface area contributed by atoms with Crippen LogP contribution in [0.3, 0.4) is 0 Å². The van der Waals surface area contributed by atoms with Crippen LogP contribution in [0.5, 0.6) is 0 Å². The highest BCUT2D eigenvalue weighted by Crippen LogP contribution is 2.52. The van der Waals surface area contributed by atoms with Crippen molar-refractivity contribution in [1.29, 1.82) is 0 Å². The third kappa shape index (κ3) is 4.59. The molecule has 0 aliphatic heterocycles. The van der Waals surface area contributed by atoms with E-state index in [1.165, 1.54) is 119 Å². The molecule has 0 amide bonds. The predicted molar refractivity (Wildman–Crippen MR) is 243 cm³/mol. The van der Waals surface area contributed by atoms with Gasteiger partial charge in [-0.05, 0) is 135 Å². The normalized spacial score (nSPS) is 13.3. The van der Waals surface area contributed by atoms with Crippen molar-refractivity contribution in [3.05, 3.63) is 193 Å². The highest BCUT2D eigenvalue weighted by molar-refractivity contribution is 7.25. The van der Waals surface area contributed by atoms with Gasteiger partial charge in [0.2, 0.25) is 0 Å². The minimum atomic E-state index is 0.00693. The zero-order valence-electron chi connectivity index (χ0n) is 31.2. The van der Waals surface area contributed by atoms with Gasteiger partial charge in [0.15, 0.2) is 0 Å². The molecule has 10 aromatic carbocycles. The molecule has 11 aromatic rings. The van der Waals surface area contributed by atoms with Crippen LogP contribution in [-0.2, 0) is 5.41 Å². The van der Waals surface area contributed by atoms with Gasteiger partial charge in [0, 0.05) is 25.6 Å². The summed E-state index contributed by atoms with van der Waals surface area (Å²) in [4.78, 5) is 0. The standard InChI is InChI=1S/C55H36S/c1-55(2)49-18-10-9-13-41(49)46-31-48-47-29-38-25-24-37(28-40(38)30-51(47)56-52(48)32-50(46)55)34-19-22-35(23-20-34)53-42-14-5-7-16-44(42)54(45-17-8-6-15-43(45)53)39-26-21-33-11-3-4-12-36(33)27-39/h3-32H,1-2H3. The molecule has 0 saturated heterocycles. The van der Waals surface area contributed by atoms with E-state index in [1.807, 2.05) is 11.3 Å². The summed E-state index contributed by atoms with van der Waals surface area (Å²) in [5, 5.41) is 12.9. The first-order valence-electron chi connectivity index (χ1n) is 19.6. The zero-order chi connectivity index (χ0) is 37.1. The largest absolute Gasteiger partial charge is 0.135 e. The molecular weight excluding hydrogens is 693 g/mol. The molecule has 1 heteroatoms. The second-order valence-corrected chi connectivity index (χ2v) is 17.1. The number of benzene rings is 10. The first kappa shape index (κ1) is 31.8. The number of hydrogen-bond acceptors (Lipinski definition) is 1. The molecule has 0 bridgehead atoms. The quantitative estimate of drug-likeness (QED) is 0.159. The van der Waals surface area contributed by atoms with Crippen LogP contribution >= 0.6 is 11.3 Å². The molecule has 262 valence electrons. The van der Waals surface area contributed by atoms with Crippen molar-refractivity contribution in [2.24, 2.45) is 0 Å². The Morgan fingerprint density at radius 3 is 1.59 bits per heavy atom. The van der Waals surface area contributed by atoms with Crippen LogP contribution in [-0.4, -0.2) is 0 Å². The lowest BCUT2D eigenvalue weighted by atomic mass is 9.82. The van der Waals surface area contributed by atoms with Crippen molar-refractivity contribution in [2.45, 2.75) is 19.3 Å². The maximum absolute atomic E-state index is 2.47. The number of fused-ring (bicyclic) bond motifs is 10. The predicted octanol–water partition coefficient (Wildman–Crippen LogP) is 16.0. The van der Waals surface area contributed by atoms with Crippen LogP contribution in [0.4, 0.5) is 0 Å². The maximum atomic E-state index is 2.47.